The van der Waals surface area contributed by atoms with Crippen molar-refractivity contribution in [2.75, 3.05) is 33.2 Å². The molecule has 1 fully saturated rings. The number of carbonyl (C=O) groups is 1. The van der Waals surface area contributed by atoms with Gasteiger partial charge in [0.25, 0.3) is 0 Å². The number of halogens is 1. The molecular weight excluding hydrogens is 463 g/mol. The molecule has 2 rings (SSSR count). The van der Waals surface area contributed by atoms with Gasteiger partial charge in [-0.2, -0.15) is 0 Å². The van der Waals surface area contributed by atoms with E-state index in [4.69, 9.17) is 4.99 Å². The van der Waals surface area contributed by atoms with Gasteiger partial charge in [-0.1, -0.05) is 43.7 Å². The van der Waals surface area contributed by atoms with E-state index in [0.29, 0.717) is 12.3 Å². The van der Waals surface area contributed by atoms with E-state index in [0.717, 1.165) is 45.0 Å². The van der Waals surface area contributed by atoms with E-state index in [2.05, 4.69) is 67.5 Å². The van der Waals surface area contributed by atoms with Gasteiger partial charge in [-0.3, -0.25) is 9.79 Å². The number of nitrogens with one attached hydrogen (secondary N) is 2. The van der Waals surface area contributed by atoms with Crippen LogP contribution in [0.2, 0.25) is 0 Å². The Hall–Kier alpha value is -1.31. The predicted molar refractivity (Wildman–Crippen MR) is 129 cm³/mol. The fourth-order valence-electron chi connectivity index (χ4n) is 3.57. The van der Waals surface area contributed by atoms with Crippen LogP contribution < -0.4 is 10.6 Å². The van der Waals surface area contributed by atoms with Gasteiger partial charge in [0.2, 0.25) is 5.91 Å². The fraction of sp³-hybridized carbons (Fsp3) is 0.636. The van der Waals surface area contributed by atoms with E-state index in [-0.39, 0.29) is 35.3 Å². The van der Waals surface area contributed by atoms with Crippen molar-refractivity contribution < 1.29 is 4.79 Å². The first kappa shape index (κ1) is 24.7. The summed E-state index contributed by atoms with van der Waals surface area (Å²) in [6.45, 7) is 12.3. The maximum Gasteiger partial charge on any atom is 0.220 e. The molecule has 0 spiro atoms. The molecule has 0 aliphatic carbocycles. The van der Waals surface area contributed by atoms with Gasteiger partial charge >= 0.3 is 0 Å². The summed E-state index contributed by atoms with van der Waals surface area (Å²) < 4.78 is 0. The molecule has 1 heterocycles. The number of aliphatic imine (C=N–C) groups is 1. The smallest absolute Gasteiger partial charge is 0.220 e. The van der Waals surface area contributed by atoms with Gasteiger partial charge in [0.1, 0.15) is 0 Å². The summed E-state index contributed by atoms with van der Waals surface area (Å²) >= 11 is 0. The highest BCUT2D eigenvalue weighted by atomic mass is 127. The summed E-state index contributed by atoms with van der Waals surface area (Å²) in [5.74, 6) is 1.62. The summed E-state index contributed by atoms with van der Waals surface area (Å²) in [6.07, 6.45) is 2.72. The molecule has 28 heavy (non-hydrogen) atoms. The molecular formula is C22H37IN4O. The number of rotatable bonds is 6. The number of hydrogen-bond acceptors (Lipinski definition) is 2. The van der Waals surface area contributed by atoms with Crippen molar-refractivity contribution in [1.82, 2.24) is 15.5 Å². The Kier molecular flexibility index (Phi) is 10.3. The van der Waals surface area contributed by atoms with E-state index in [9.17, 15) is 4.79 Å². The number of piperidine rings is 1. The average Bonchev–Trinajstić information content (AvgIpc) is 2.66. The second kappa shape index (κ2) is 11.6. The molecule has 0 radical (unpaired) electrons. The highest BCUT2D eigenvalue weighted by Gasteiger charge is 2.25. The molecule has 1 amide bonds. The van der Waals surface area contributed by atoms with Crippen molar-refractivity contribution >= 4 is 35.8 Å². The number of hydrogen-bond donors (Lipinski definition) is 2. The van der Waals surface area contributed by atoms with Crippen molar-refractivity contribution in [3.63, 3.8) is 0 Å². The van der Waals surface area contributed by atoms with Crippen LogP contribution in [0.3, 0.4) is 0 Å². The predicted octanol–water partition coefficient (Wildman–Crippen LogP) is 3.70. The van der Waals surface area contributed by atoms with Gasteiger partial charge in [0.05, 0.1) is 6.54 Å². The summed E-state index contributed by atoms with van der Waals surface area (Å²) in [5, 5.41) is 6.19. The van der Waals surface area contributed by atoms with Crippen LogP contribution in [0.1, 0.15) is 51.2 Å². The first-order valence-corrected chi connectivity index (χ1v) is 10.2. The zero-order chi connectivity index (χ0) is 19.9. The van der Waals surface area contributed by atoms with Crippen molar-refractivity contribution in [3.05, 3.63) is 35.4 Å². The van der Waals surface area contributed by atoms with Crippen LogP contribution in [-0.2, 0) is 10.2 Å². The van der Waals surface area contributed by atoms with Crippen molar-refractivity contribution in [2.45, 2.75) is 52.4 Å². The van der Waals surface area contributed by atoms with Gasteiger partial charge in [0, 0.05) is 38.5 Å². The number of benzene rings is 1. The van der Waals surface area contributed by atoms with Crippen molar-refractivity contribution in [1.29, 1.82) is 0 Å². The van der Waals surface area contributed by atoms with Crippen LogP contribution >= 0.6 is 24.0 Å². The normalized spacial score (nSPS) is 15.8. The largest absolute Gasteiger partial charge is 0.359 e. The molecule has 1 aliphatic rings. The maximum atomic E-state index is 11.6. The van der Waals surface area contributed by atoms with Crippen molar-refractivity contribution in [3.8, 4) is 0 Å². The topological polar surface area (TPSA) is 56.7 Å². The Morgan fingerprint density at radius 1 is 1.29 bits per heavy atom. The summed E-state index contributed by atoms with van der Waals surface area (Å²) in [6, 6.07) is 8.71. The Morgan fingerprint density at radius 3 is 2.54 bits per heavy atom. The highest BCUT2D eigenvalue weighted by molar-refractivity contribution is 14.0. The number of likely N-dealkylation sites (tertiary alicyclic amines) is 1. The lowest BCUT2D eigenvalue weighted by atomic mass is 9.84. The first-order valence-electron chi connectivity index (χ1n) is 10.2. The molecule has 6 heteroatoms. The van der Waals surface area contributed by atoms with E-state index >= 15 is 0 Å². The molecule has 1 aromatic carbocycles. The van der Waals surface area contributed by atoms with Crippen LogP contribution in [0.5, 0.6) is 0 Å². The minimum absolute atomic E-state index is 0. The Labute approximate surface area is 187 Å². The second-order valence-electron chi connectivity index (χ2n) is 8.23. The molecule has 0 bridgehead atoms. The minimum Gasteiger partial charge on any atom is -0.359 e. The monoisotopic (exact) mass is 500 g/mol. The lowest BCUT2D eigenvalue weighted by Gasteiger charge is -2.34. The van der Waals surface area contributed by atoms with Gasteiger partial charge in [-0.25, -0.2) is 0 Å². The third kappa shape index (κ3) is 7.26. The summed E-state index contributed by atoms with van der Waals surface area (Å²) in [7, 11) is 1.71. The Balaban J connectivity index is 0.00000392. The van der Waals surface area contributed by atoms with Crippen LogP contribution in [0.25, 0.3) is 0 Å². The average molecular weight is 500 g/mol. The standard InChI is InChI=1S/C22H36N4O.HI/c1-6-24-21(26-12-10-18(11-13-26)15-20(27)23-5)25-16-22(3,4)19-9-7-8-17(2)14-19;/h7-9,14,18H,6,10-13,15-16H2,1-5H3,(H,23,27)(H,24,25);1H. The maximum absolute atomic E-state index is 11.6. The van der Waals surface area contributed by atoms with Crippen LogP contribution in [0, 0.1) is 12.8 Å². The molecule has 0 atom stereocenters. The van der Waals surface area contributed by atoms with Crippen LogP contribution in [-0.4, -0.2) is 50.0 Å². The van der Waals surface area contributed by atoms with Crippen molar-refractivity contribution in [2.24, 2.45) is 10.9 Å². The SMILES string of the molecule is CCNC(=NCC(C)(C)c1cccc(C)c1)N1CCC(CC(=O)NC)CC1.I. The third-order valence-corrected chi connectivity index (χ3v) is 5.43. The van der Waals surface area contributed by atoms with Gasteiger partial charge in [0.15, 0.2) is 5.96 Å². The molecule has 5 nitrogen and oxygen atoms in total. The van der Waals surface area contributed by atoms with E-state index < -0.39 is 0 Å². The van der Waals surface area contributed by atoms with Crippen LogP contribution in [0.4, 0.5) is 0 Å². The Bertz CT molecular complexity index is 652. The quantitative estimate of drug-likeness (QED) is 0.356. The number of carbonyl (C=O) groups excluding carboxylic acids is 1. The number of nitrogens with zero attached hydrogens (tertiary/aromatic N) is 2. The first-order chi connectivity index (χ1) is 12.9. The molecule has 158 valence electrons. The minimum atomic E-state index is -0.00969. The molecule has 0 unspecified atom stereocenters. The molecule has 1 saturated heterocycles. The third-order valence-electron chi connectivity index (χ3n) is 5.43. The summed E-state index contributed by atoms with van der Waals surface area (Å²) in [4.78, 5) is 18.9. The summed E-state index contributed by atoms with van der Waals surface area (Å²) in [5.41, 5.74) is 2.60. The fourth-order valence-corrected chi connectivity index (χ4v) is 3.57. The van der Waals surface area contributed by atoms with Gasteiger partial charge in [-0.15, -0.1) is 24.0 Å². The van der Waals surface area contributed by atoms with E-state index in [1.165, 1.54) is 11.1 Å². The van der Waals surface area contributed by atoms with Crippen LogP contribution in [0.15, 0.2) is 29.3 Å². The zero-order valence-electron chi connectivity index (χ0n) is 18.0. The molecule has 0 saturated carbocycles. The molecule has 1 aromatic rings. The second-order valence-corrected chi connectivity index (χ2v) is 8.23. The van der Waals surface area contributed by atoms with Gasteiger partial charge in [-0.05, 0) is 38.2 Å². The molecule has 2 N–H and O–H groups in total. The lowest BCUT2D eigenvalue weighted by molar-refractivity contribution is -0.121. The van der Waals surface area contributed by atoms with E-state index in [1.54, 1.807) is 7.05 Å². The van der Waals surface area contributed by atoms with Gasteiger partial charge < -0.3 is 15.5 Å². The molecule has 1 aliphatic heterocycles. The Morgan fingerprint density at radius 2 is 1.96 bits per heavy atom. The highest BCUT2D eigenvalue weighted by Crippen LogP contribution is 2.25. The lowest BCUT2D eigenvalue weighted by Crippen LogP contribution is -2.46. The number of guanidine groups is 1. The molecule has 0 aromatic heterocycles. The number of amides is 1. The number of aryl methyl sites for hydroxylation is 1. The van der Waals surface area contributed by atoms with E-state index in [1.807, 2.05) is 0 Å². The zero-order valence-corrected chi connectivity index (χ0v) is 20.4.